The van der Waals surface area contributed by atoms with E-state index in [0.717, 1.165) is 19.5 Å². The molecule has 2 fully saturated rings. The van der Waals surface area contributed by atoms with Crippen molar-refractivity contribution in [1.29, 1.82) is 0 Å². The third-order valence-electron chi connectivity index (χ3n) is 2.96. The molecule has 2 rings (SSSR count). The highest BCUT2D eigenvalue weighted by Gasteiger charge is 2.40. The Morgan fingerprint density at radius 1 is 1.40 bits per heavy atom. The molecule has 2 heteroatoms. The normalized spacial score (nSPS) is 37.5. The predicted octanol–water partition coefficient (Wildman–Crippen LogP) is 0.511. The number of nitrogens with one attached hydrogen (secondary N) is 1. The maximum atomic E-state index is 9.35. The van der Waals surface area contributed by atoms with Crippen LogP contribution in [0.3, 0.4) is 0 Å². The van der Waals surface area contributed by atoms with Crippen molar-refractivity contribution in [2.75, 3.05) is 13.1 Å². The van der Waals surface area contributed by atoms with E-state index in [-0.39, 0.29) is 6.10 Å². The second-order valence-electron chi connectivity index (χ2n) is 3.84. The van der Waals surface area contributed by atoms with Gasteiger partial charge in [-0.1, -0.05) is 6.42 Å². The molecule has 1 aliphatic heterocycles. The molecule has 1 spiro atoms. The first kappa shape index (κ1) is 6.62. The van der Waals surface area contributed by atoms with Crippen molar-refractivity contribution in [3.63, 3.8) is 0 Å². The largest absolute Gasteiger partial charge is 0.392 e. The van der Waals surface area contributed by atoms with Crippen LogP contribution in [-0.4, -0.2) is 24.3 Å². The number of aliphatic hydroxyl groups is 1. The molecule has 2 N–H and O–H groups in total. The Kier molecular flexibility index (Phi) is 1.46. The molecule has 0 amide bonds. The van der Waals surface area contributed by atoms with E-state index in [9.17, 15) is 5.11 Å². The van der Waals surface area contributed by atoms with Gasteiger partial charge in [0.1, 0.15) is 0 Å². The zero-order valence-corrected chi connectivity index (χ0v) is 6.27. The van der Waals surface area contributed by atoms with Gasteiger partial charge in [0.2, 0.25) is 0 Å². The van der Waals surface area contributed by atoms with Gasteiger partial charge < -0.3 is 10.4 Å². The Morgan fingerprint density at radius 3 is 2.60 bits per heavy atom. The average Bonchev–Trinajstić information content (AvgIpc) is 1.85. The van der Waals surface area contributed by atoms with Crippen LogP contribution >= 0.6 is 0 Å². The molecule has 0 radical (unpaired) electrons. The fourth-order valence-electron chi connectivity index (χ4n) is 2.21. The van der Waals surface area contributed by atoms with Crippen molar-refractivity contribution in [3.05, 3.63) is 0 Å². The van der Waals surface area contributed by atoms with E-state index >= 15 is 0 Å². The van der Waals surface area contributed by atoms with Gasteiger partial charge in [-0.3, -0.25) is 0 Å². The summed E-state index contributed by atoms with van der Waals surface area (Å²) in [5.74, 6) is 0. The summed E-state index contributed by atoms with van der Waals surface area (Å²) in [4.78, 5) is 0. The summed E-state index contributed by atoms with van der Waals surface area (Å²) in [7, 11) is 0. The lowest BCUT2D eigenvalue weighted by Gasteiger charge is -2.46. The zero-order valence-electron chi connectivity index (χ0n) is 6.27. The maximum absolute atomic E-state index is 9.35. The monoisotopic (exact) mass is 141 g/mol. The summed E-state index contributed by atoms with van der Waals surface area (Å²) in [6, 6.07) is 0. The van der Waals surface area contributed by atoms with Crippen LogP contribution in [0.2, 0.25) is 0 Å². The Bertz CT molecular complexity index is 131. The lowest BCUT2D eigenvalue weighted by atomic mass is 9.64. The molecule has 2 nitrogen and oxygen atoms in total. The van der Waals surface area contributed by atoms with Crippen LogP contribution in [0.5, 0.6) is 0 Å². The smallest absolute Gasteiger partial charge is 0.0670 e. The summed E-state index contributed by atoms with van der Waals surface area (Å²) in [5.41, 5.74) is 0.512. The molecule has 58 valence electrons. The Balaban J connectivity index is 1.96. The molecule has 1 aliphatic carbocycles. The fourth-order valence-corrected chi connectivity index (χ4v) is 2.21. The summed E-state index contributed by atoms with van der Waals surface area (Å²) in [6.45, 7) is 1.95. The summed E-state index contributed by atoms with van der Waals surface area (Å²) >= 11 is 0. The summed E-state index contributed by atoms with van der Waals surface area (Å²) in [6.07, 6.45) is 5.00. The summed E-state index contributed by atoms with van der Waals surface area (Å²) < 4.78 is 0. The van der Waals surface area contributed by atoms with Gasteiger partial charge in [0, 0.05) is 13.1 Å². The first-order valence-electron chi connectivity index (χ1n) is 4.20. The standard InChI is InChI=1S/C8H15NO/c10-7-4-8(2-1-3-8)6-9-5-7/h7,9-10H,1-6H2. The highest BCUT2D eigenvalue weighted by Crippen LogP contribution is 2.45. The van der Waals surface area contributed by atoms with E-state index in [0.29, 0.717) is 5.41 Å². The minimum absolute atomic E-state index is 0.0750. The van der Waals surface area contributed by atoms with Crippen molar-refractivity contribution in [2.45, 2.75) is 31.8 Å². The lowest BCUT2D eigenvalue weighted by Crippen LogP contribution is -2.50. The van der Waals surface area contributed by atoms with Crippen LogP contribution in [0, 0.1) is 5.41 Å². The molecule has 1 atom stereocenters. The Morgan fingerprint density at radius 2 is 2.20 bits per heavy atom. The van der Waals surface area contributed by atoms with Gasteiger partial charge in [-0.2, -0.15) is 0 Å². The van der Waals surface area contributed by atoms with Crippen molar-refractivity contribution >= 4 is 0 Å². The molecule has 1 saturated carbocycles. The molecular formula is C8H15NO. The molecular weight excluding hydrogens is 126 g/mol. The number of aliphatic hydroxyl groups excluding tert-OH is 1. The van der Waals surface area contributed by atoms with Gasteiger partial charge in [0.25, 0.3) is 0 Å². The van der Waals surface area contributed by atoms with Crippen LogP contribution in [0.15, 0.2) is 0 Å². The van der Waals surface area contributed by atoms with Crippen molar-refractivity contribution < 1.29 is 5.11 Å². The van der Waals surface area contributed by atoms with Crippen LogP contribution < -0.4 is 5.32 Å². The second kappa shape index (κ2) is 2.21. The zero-order chi connectivity index (χ0) is 7.03. The minimum atomic E-state index is -0.0750. The maximum Gasteiger partial charge on any atom is 0.0670 e. The number of hydrogen-bond donors (Lipinski definition) is 2. The topological polar surface area (TPSA) is 32.3 Å². The molecule has 2 aliphatic rings. The fraction of sp³-hybridized carbons (Fsp3) is 1.00. The Labute approximate surface area is 61.6 Å². The molecule has 0 aromatic carbocycles. The molecule has 10 heavy (non-hydrogen) atoms. The highest BCUT2D eigenvalue weighted by atomic mass is 16.3. The SMILES string of the molecule is OC1CNCC2(CCC2)C1. The van der Waals surface area contributed by atoms with E-state index in [4.69, 9.17) is 0 Å². The highest BCUT2D eigenvalue weighted by molar-refractivity contribution is 4.94. The molecule has 0 aromatic heterocycles. The van der Waals surface area contributed by atoms with Gasteiger partial charge in [-0.05, 0) is 24.7 Å². The van der Waals surface area contributed by atoms with Crippen molar-refractivity contribution in [1.82, 2.24) is 5.32 Å². The minimum Gasteiger partial charge on any atom is -0.392 e. The van der Waals surface area contributed by atoms with E-state index in [1.807, 2.05) is 0 Å². The van der Waals surface area contributed by atoms with Crippen LogP contribution in [0.25, 0.3) is 0 Å². The number of rotatable bonds is 0. The van der Waals surface area contributed by atoms with Gasteiger partial charge in [0.05, 0.1) is 6.10 Å². The molecule has 0 aromatic rings. The van der Waals surface area contributed by atoms with E-state index in [1.54, 1.807) is 0 Å². The first-order chi connectivity index (χ1) is 4.81. The molecule has 1 saturated heterocycles. The molecule has 0 bridgehead atoms. The summed E-state index contributed by atoms with van der Waals surface area (Å²) in [5, 5.41) is 12.6. The van der Waals surface area contributed by atoms with Gasteiger partial charge in [-0.15, -0.1) is 0 Å². The van der Waals surface area contributed by atoms with Crippen LogP contribution in [-0.2, 0) is 0 Å². The van der Waals surface area contributed by atoms with Gasteiger partial charge in [0.15, 0.2) is 0 Å². The van der Waals surface area contributed by atoms with Crippen LogP contribution in [0.4, 0.5) is 0 Å². The third kappa shape index (κ3) is 0.956. The van der Waals surface area contributed by atoms with Crippen LogP contribution in [0.1, 0.15) is 25.7 Å². The number of piperidine rings is 1. The van der Waals surface area contributed by atoms with Crippen molar-refractivity contribution in [2.24, 2.45) is 5.41 Å². The van der Waals surface area contributed by atoms with Gasteiger partial charge >= 0.3 is 0 Å². The predicted molar refractivity (Wildman–Crippen MR) is 39.8 cm³/mol. The van der Waals surface area contributed by atoms with E-state index in [2.05, 4.69) is 5.32 Å². The number of hydrogen-bond acceptors (Lipinski definition) is 2. The molecule has 1 heterocycles. The average molecular weight is 141 g/mol. The van der Waals surface area contributed by atoms with Crippen molar-refractivity contribution in [3.8, 4) is 0 Å². The quantitative estimate of drug-likeness (QED) is 0.515. The lowest BCUT2D eigenvalue weighted by molar-refractivity contribution is 0.0108. The Hall–Kier alpha value is -0.0800. The first-order valence-corrected chi connectivity index (χ1v) is 4.20. The van der Waals surface area contributed by atoms with E-state index in [1.165, 1.54) is 19.3 Å². The van der Waals surface area contributed by atoms with E-state index < -0.39 is 0 Å². The number of β-amino-alcohol motifs (C(OH)–C–C–N with tert-alkyl or cyclic N) is 1. The second-order valence-corrected chi connectivity index (χ2v) is 3.84. The molecule has 1 unspecified atom stereocenters. The van der Waals surface area contributed by atoms with Gasteiger partial charge in [-0.25, -0.2) is 0 Å². The third-order valence-corrected chi connectivity index (χ3v) is 2.96.